The Labute approximate surface area is 92.0 Å². The highest BCUT2D eigenvalue weighted by Crippen LogP contribution is 2.20. The van der Waals surface area contributed by atoms with E-state index in [1.165, 1.54) is 23.9 Å². The molecule has 1 rings (SSSR count). The fourth-order valence-electron chi connectivity index (χ4n) is 1.03. The van der Waals surface area contributed by atoms with Gasteiger partial charge in [-0.05, 0) is 36.9 Å². The first kappa shape index (κ1) is 11.5. The van der Waals surface area contributed by atoms with Crippen LogP contribution in [0.1, 0.15) is 5.56 Å². The van der Waals surface area contributed by atoms with Crippen molar-refractivity contribution < 1.29 is 4.39 Å². The highest BCUT2D eigenvalue weighted by Gasteiger charge is 2.00. The molecule has 1 N–H and O–H groups in total. The lowest BCUT2D eigenvalue weighted by Gasteiger charge is -2.02. The second-order valence-electron chi connectivity index (χ2n) is 2.79. The van der Waals surface area contributed by atoms with E-state index < -0.39 is 0 Å². The monoisotopic (exact) mass is 223 g/mol. The summed E-state index contributed by atoms with van der Waals surface area (Å²) in [6.45, 7) is 1.77. The van der Waals surface area contributed by atoms with Gasteiger partial charge < -0.3 is 0 Å². The molecule has 0 aliphatic carbocycles. The Morgan fingerprint density at radius 2 is 2.33 bits per heavy atom. The molecule has 78 valence electrons. The number of hydrogen-bond acceptors (Lipinski definition) is 3. The molecule has 1 aromatic rings. The van der Waals surface area contributed by atoms with E-state index in [4.69, 9.17) is 5.26 Å². The lowest BCUT2D eigenvalue weighted by Crippen LogP contribution is -2.12. The minimum absolute atomic E-state index is 0.287. The predicted octanol–water partition coefficient (Wildman–Crippen LogP) is 2.56. The van der Waals surface area contributed by atoms with Crippen molar-refractivity contribution in [3.63, 3.8) is 0 Å². The normalized spacial score (nSPS) is 10.9. The highest BCUT2D eigenvalue weighted by molar-refractivity contribution is 8.13. The van der Waals surface area contributed by atoms with E-state index in [9.17, 15) is 4.39 Å². The molecule has 0 atom stereocenters. The third kappa shape index (κ3) is 3.26. The standard InChI is InChI=1S/C10H10FN3S/c1-7-5-8(11)3-4-9(7)14-10(15-2)13-6-12/h3-5H,1-2H3,(H,13,14). The zero-order valence-corrected chi connectivity index (χ0v) is 9.23. The Morgan fingerprint density at radius 1 is 1.60 bits per heavy atom. The Balaban J connectivity index is 3.01. The van der Waals surface area contributed by atoms with Crippen molar-refractivity contribution in [2.24, 2.45) is 4.99 Å². The smallest absolute Gasteiger partial charge is 0.183 e. The van der Waals surface area contributed by atoms with Crippen molar-refractivity contribution in [1.82, 2.24) is 5.32 Å². The molecule has 0 amide bonds. The maximum atomic E-state index is 12.8. The van der Waals surface area contributed by atoms with E-state index in [0.29, 0.717) is 10.9 Å². The molecule has 0 aliphatic rings. The van der Waals surface area contributed by atoms with E-state index in [1.54, 1.807) is 19.2 Å². The fraction of sp³-hybridized carbons (Fsp3) is 0.200. The van der Waals surface area contributed by atoms with Crippen molar-refractivity contribution in [1.29, 1.82) is 5.26 Å². The van der Waals surface area contributed by atoms with Crippen molar-refractivity contribution in [3.8, 4) is 6.19 Å². The summed E-state index contributed by atoms with van der Waals surface area (Å²) in [4.78, 5) is 4.19. The van der Waals surface area contributed by atoms with Gasteiger partial charge in [0.15, 0.2) is 11.4 Å². The molecule has 0 bridgehead atoms. The van der Waals surface area contributed by atoms with Gasteiger partial charge in [-0.2, -0.15) is 5.26 Å². The van der Waals surface area contributed by atoms with E-state index in [1.807, 2.05) is 6.26 Å². The van der Waals surface area contributed by atoms with E-state index in [0.717, 1.165) is 5.56 Å². The summed E-state index contributed by atoms with van der Waals surface area (Å²) in [6, 6.07) is 4.33. The van der Waals surface area contributed by atoms with Crippen LogP contribution in [0.2, 0.25) is 0 Å². The van der Waals surface area contributed by atoms with Crippen molar-refractivity contribution in [2.45, 2.75) is 6.92 Å². The molecule has 0 aromatic heterocycles. The zero-order chi connectivity index (χ0) is 11.3. The predicted molar refractivity (Wildman–Crippen MR) is 60.5 cm³/mol. The number of nitrogens with zero attached hydrogens (tertiary/aromatic N) is 2. The van der Waals surface area contributed by atoms with Gasteiger partial charge in [-0.1, -0.05) is 11.8 Å². The van der Waals surface area contributed by atoms with Crippen LogP contribution in [0.15, 0.2) is 23.2 Å². The van der Waals surface area contributed by atoms with E-state index in [-0.39, 0.29) is 5.82 Å². The number of amidine groups is 1. The van der Waals surface area contributed by atoms with Gasteiger partial charge in [0, 0.05) is 0 Å². The molecule has 0 saturated heterocycles. The van der Waals surface area contributed by atoms with Crippen LogP contribution in [0, 0.1) is 24.2 Å². The number of nitriles is 1. The maximum Gasteiger partial charge on any atom is 0.183 e. The van der Waals surface area contributed by atoms with Crippen LogP contribution in [-0.2, 0) is 0 Å². The second-order valence-corrected chi connectivity index (χ2v) is 3.58. The fourth-order valence-corrected chi connectivity index (χ4v) is 1.36. The average Bonchev–Trinajstić information content (AvgIpc) is 2.21. The molecule has 5 heteroatoms. The molecule has 0 saturated carbocycles. The van der Waals surface area contributed by atoms with Crippen LogP contribution in [0.3, 0.4) is 0 Å². The third-order valence-corrected chi connectivity index (χ3v) is 2.32. The molecule has 0 unspecified atom stereocenters. The summed E-state index contributed by atoms with van der Waals surface area (Å²) in [5.41, 5.74) is 1.39. The quantitative estimate of drug-likeness (QED) is 0.344. The molecule has 0 spiro atoms. The Morgan fingerprint density at radius 3 is 2.87 bits per heavy atom. The SMILES string of the molecule is CSC(=Nc1ccc(F)cc1C)NC#N. The number of halogens is 1. The Hall–Kier alpha value is -1.54. The summed E-state index contributed by atoms with van der Waals surface area (Å²) < 4.78 is 12.8. The topological polar surface area (TPSA) is 48.2 Å². The van der Waals surface area contributed by atoms with Gasteiger partial charge in [0.2, 0.25) is 0 Å². The minimum atomic E-state index is -0.287. The molecule has 3 nitrogen and oxygen atoms in total. The number of thioether (sulfide) groups is 1. The molecule has 15 heavy (non-hydrogen) atoms. The van der Waals surface area contributed by atoms with Crippen LogP contribution in [0.5, 0.6) is 0 Å². The molecular weight excluding hydrogens is 213 g/mol. The van der Waals surface area contributed by atoms with Crippen molar-refractivity contribution in [2.75, 3.05) is 6.26 Å². The van der Waals surface area contributed by atoms with Crippen molar-refractivity contribution in [3.05, 3.63) is 29.6 Å². The van der Waals surface area contributed by atoms with Crippen LogP contribution in [-0.4, -0.2) is 11.4 Å². The summed E-state index contributed by atoms with van der Waals surface area (Å²) >= 11 is 1.32. The molecule has 0 radical (unpaired) electrons. The van der Waals surface area contributed by atoms with Crippen LogP contribution >= 0.6 is 11.8 Å². The summed E-state index contributed by atoms with van der Waals surface area (Å²) in [6.07, 6.45) is 3.60. The zero-order valence-electron chi connectivity index (χ0n) is 8.41. The highest BCUT2D eigenvalue weighted by atomic mass is 32.2. The lowest BCUT2D eigenvalue weighted by atomic mass is 10.2. The Kier molecular flexibility index (Phi) is 4.13. The number of hydrogen-bond donors (Lipinski definition) is 1. The van der Waals surface area contributed by atoms with Gasteiger partial charge in [-0.25, -0.2) is 9.38 Å². The Bertz CT molecular complexity index is 423. The molecule has 1 aromatic carbocycles. The van der Waals surface area contributed by atoms with E-state index in [2.05, 4.69) is 10.3 Å². The number of nitrogens with one attached hydrogen (secondary N) is 1. The maximum absolute atomic E-state index is 12.8. The minimum Gasteiger partial charge on any atom is -0.271 e. The van der Waals surface area contributed by atoms with Crippen LogP contribution in [0.4, 0.5) is 10.1 Å². The summed E-state index contributed by atoms with van der Waals surface area (Å²) in [7, 11) is 0. The molecule has 0 aliphatic heterocycles. The van der Waals surface area contributed by atoms with Gasteiger partial charge in [-0.15, -0.1) is 0 Å². The van der Waals surface area contributed by atoms with Crippen LogP contribution < -0.4 is 5.32 Å². The third-order valence-electron chi connectivity index (χ3n) is 1.74. The van der Waals surface area contributed by atoms with Gasteiger partial charge in [0.25, 0.3) is 0 Å². The van der Waals surface area contributed by atoms with Gasteiger partial charge in [-0.3, -0.25) is 5.32 Å². The molecule has 0 fully saturated rings. The second kappa shape index (κ2) is 5.37. The summed E-state index contributed by atoms with van der Waals surface area (Å²) in [5, 5.41) is 11.4. The first-order valence-electron chi connectivity index (χ1n) is 4.21. The van der Waals surface area contributed by atoms with Gasteiger partial charge in [0.05, 0.1) is 5.69 Å². The van der Waals surface area contributed by atoms with Crippen LogP contribution in [0.25, 0.3) is 0 Å². The van der Waals surface area contributed by atoms with Gasteiger partial charge >= 0.3 is 0 Å². The number of aliphatic imine (C=N–C) groups is 1. The lowest BCUT2D eigenvalue weighted by molar-refractivity contribution is 0.627. The first-order chi connectivity index (χ1) is 7.17. The summed E-state index contributed by atoms with van der Waals surface area (Å²) in [5.74, 6) is -0.287. The molecule has 0 heterocycles. The number of aryl methyl sites for hydroxylation is 1. The van der Waals surface area contributed by atoms with Gasteiger partial charge in [0.1, 0.15) is 5.82 Å². The van der Waals surface area contributed by atoms with Crippen molar-refractivity contribution >= 4 is 22.6 Å². The first-order valence-corrected chi connectivity index (χ1v) is 5.43. The number of benzene rings is 1. The number of rotatable bonds is 1. The largest absolute Gasteiger partial charge is 0.271 e. The van der Waals surface area contributed by atoms with E-state index >= 15 is 0 Å². The average molecular weight is 223 g/mol. The molecular formula is C10H10FN3S.